The van der Waals surface area contributed by atoms with Gasteiger partial charge in [-0.05, 0) is 40.0 Å². The number of carbonyl (C=O) groups is 1. The van der Waals surface area contributed by atoms with Crippen LogP contribution in [0.15, 0.2) is 46.3 Å². The summed E-state index contributed by atoms with van der Waals surface area (Å²) in [5.74, 6) is -0.0126. The van der Waals surface area contributed by atoms with Gasteiger partial charge in [0.25, 0.3) is 5.91 Å². The Hall–Kier alpha value is -1.13. The van der Waals surface area contributed by atoms with E-state index in [-0.39, 0.29) is 11.9 Å². The molecule has 0 spiro atoms. The molecule has 0 saturated heterocycles. The first-order valence-corrected chi connectivity index (χ1v) is 7.42. The van der Waals surface area contributed by atoms with Gasteiger partial charge in [-0.25, -0.2) is 0 Å². The Morgan fingerprint density at radius 2 is 2.00 bits per heavy atom. The Morgan fingerprint density at radius 3 is 2.56 bits per heavy atom. The van der Waals surface area contributed by atoms with Crippen molar-refractivity contribution in [1.82, 2.24) is 5.32 Å². The molecule has 1 atom stereocenters. The second kappa shape index (κ2) is 6.16. The van der Waals surface area contributed by atoms with Gasteiger partial charge in [-0.3, -0.25) is 4.79 Å². The minimum Gasteiger partial charge on any atom is -0.345 e. The Balaban J connectivity index is 2.10. The van der Waals surface area contributed by atoms with Crippen molar-refractivity contribution >= 4 is 33.2 Å². The Kier molecular flexibility index (Phi) is 4.55. The summed E-state index contributed by atoms with van der Waals surface area (Å²) >= 11 is 4.82. The normalized spacial score (nSPS) is 12.1. The number of nitrogens with one attached hydrogen (secondary N) is 1. The van der Waals surface area contributed by atoms with Crippen LogP contribution in [0.4, 0.5) is 0 Å². The molecule has 0 bridgehead atoms. The quantitative estimate of drug-likeness (QED) is 0.888. The SMILES string of the molecule is CC[C@@H](NC(=O)c1ccc(Br)s1)c1ccccc1. The Bertz CT molecular complexity index is 524. The zero-order valence-corrected chi connectivity index (χ0v) is 12.4. The zero-order chi connectivity index (χ0) is 13.0. The largest absolute Gasteiger partial charge is 0.345 e. The summed E-state index contributed by atoms with van der Waals surface area (Å²) in [7, 11) is 0. The van der Waals surface area contributed by atoms with Crippen LogP contribution in [0.1, 0.15) is 34.6 Å². The van der Waals surface area contributed by atoms with Crippen LogP contribution < -0.4 is 5.32 Å². The molecule has 4 heteroatoms. The minimum absolute atomic E-state index is 0.0126. The van der Waals surface area contributed by atoms with Crippen molar-refractivity contribution in [3.63, 3.8) is 0 Å². The average Bonchev–Trinajstić information content (AvgIpc) is 2.83. The molecule has 94 valence electrons. The molecule has 1 N–H and O–H groups in total. The predicted molar refractivity (Wildman–Crippen MR) is 79.0 cm³/mol. The van der Waals surface area contributed by atoms with Crippen LogP contribution in [0.5, 0.6) is 0 Å². The topological polar surface area (TPSA) is 29.1 Å². The second-order valence-corrected chi connectivity index (χ2v) is 6.41. The maximum Gasteiger partial charge on any atom is 0.261 e. The molecule has 1 heterocycles. The fraction of sp³-hybridized carbons (Fsp3) is 0.214. The molecule has 1 aromatic heterocycles. The van der Waals surface area contributed by atoms with Gasteiger partial charge in [-0.15, -0.1) is 11.3 Å². The lowest BCUT2D eigenvalue weighted by Gasteiger charge is -2.16. The number of rotatable bonds is 4. The molecule has 2 rings (SSSR count). The average molecular weight is 324 g/mol. The summed E-state index contributed by atoms with van der Waals surface area (Å²) in [6.07, 6.45) is 0.877. The van der Waals surface area contributed by atoms with Gasteiger partial charge in [-0.1, -0.05) is 37.3 Å². The lowest BCUT2D eigenvalue weighted by molar-refractivity contribution is 0.0939. The molecular weight excluding hydrogens is 310 g/mol. The molecule has 0 aliphatic carbocycles. The minimum atomic E-state index is -0.0126. The maximum absolute atomic E-state index is 12.1. The van der Waals surface area contributed by atoms with Gasteiger partial charge in [0.1, 0.15) is 0 Å². The molecule has 0 saturated carbocycles. The molecule has 0 aliphatic heterocycles. The van der Waals surface area contributed by atoms with Crippen LogP contribution in [0.3, 0.4) is 0 Å². The van der Waals surface area contributed by atoms with Crippen LogP contribution in [0.25, 0.3) is 0 Å². The van der Waals surface area contributed by atoms with Crippen molar-refractivity contribution in [3.05, 3.63) is 56.7 Å². The van der Waals surface area contributed by atoms with Gasteiger partial charge in [0.15, 0.2) is 0 Å². The van der Waals surface area contributed by atoms with Gasteiger partial charge < -0.3 is 5.32 Å². The molecule has 1 amide bonds. The van der Waals surface area contributed by atoms with Gasteiger partial charge in [0, 0.05) is 0 Å². The summed E-state index contributed by atoms with van der Waals surface area (Å²) in [5, 5.41) is 3.06. The standard InChI is InChI=1S/C14H14BrNOS/c1-2-11(10-6-4-3-5-7-10)16-14(17)12-8-9-13(15)18-12/h3-9,11H,2H2,1H3,(H,16,17)/t11-/m1/s1. The first-order valence-electron chi connectivity index (χ1n) is 5.82. The third-order valence-electron chi connectivity index (χ3n) is 2.71. The highest BCUT2D eigenvalue weighted by molar-refractivity contribution is 9.11. The summed E-state index contributed by atoms with van der Waals surface area (Å²) in [5.41, 5.74) is 1.14. The molecule has 0 unspecified atom stereocenters. The first-order chi connectivity index (χ1) is 8.70. The molecule has 2 aromatic rings. The Labute approximate surface area is 119 Å². The molecule has 18 heavy (non-hydrogen) atoms. The van der Waals surface area contributed by atoms with Crippen molar-refractivity contribution in [2.75, 3.05) is 0 Å². The molecular formula is C14H14BrNOS. The number of benzene rings is 1. The molecule has 1 aromatic carbocycles. The van der Waals surface area contributed by atoms with Gasteiger partial charge in [0.05, 0.1) is 14.7 Å². The van der Waals surface area contributed by atoms with Crippen LogP contribution >= 0.6 is 27.3 Å². The van der Waals surface area contributed by atoms with Crippen molar-refractivity contribution in [1.29, 1.82) is 0 Å². The first kappa shape index (κ1) is 13.3. The number of amides is 1. The number of hydrogen-bond acceptors (Lipinski definition) is 2. The van der Waals surface area contributed by atoms with Crippen molar-refractivity contribution in [3.8, 4) is 0 Å². The summed E-state index contributed by atoms with van der Waals surface area (Å²) in [6.45, 7) is 2.07. The van der Waals surface area contributed by atoms with E-state index >= 15 is 0 Å². The van der Waals surface area contributed by atoms with Gasteiger partial charge >= 0.3 is 0 Å². The number of halogens is 1. The van der Waals surface area contributed by atoms with Crippen LogP contribution in [-0.4, -0.2) is 5.91 Å². The van der Waals surface area contributed by atoms with E-state index in [1.807, 2.05) is 42.5 Å². The van der Waals surface area contributed by atoms with E-state index in [4.69, 9.17) is 0 Å². The van der Waals surface area contributed by atoms with E-state index in [0.717, 1.165) is 20.6 Å². The smallest absolute Gasteiger partial charge is 0.261 e. The fourth-order valence-corrected chi connectivity index (χ4v) is 3.06. The maximum atomic E-state index is 12.1. The van der Waals surface area contributed by atoms with Crippen LogP contribution in [0.2, 0.25) is 0 Å². The van der Waals surface area contributed by atoms with Crippen molar-refractivity contribution in [2.45, 2.75) is 19.4 Å². The van der Waals surface area contributed by atoms with Crippen LogP contribution in [0, 0.1) is 0 Å². The number of hydrogen-bond donors (Lipinski definition) is 1. The van der Waals surface area contributed by atoms with E-state index in [0.29, 0.717) is 0 Å². The molecule has 0 fully saturated rings. The zero-order valence-electron chi connectivity index (χ0n) is 10.0. The highest BCUT2D eigenvalue weighted by Crippen LogP contribution is 2.23. The summed E-state index contributed by atoms with van der Waals surface area (Å²) in [4.78, 5) is 12.8. The van der Waals surface area contributed by atoms with E-state index in [1.165, 1.54) is 11.3 Å². The van der Waals surface area contributed by atoms with E-state index in [9.17, 15) is 4.79 Å². The lowest BCUT2D eigenvalue weighted by Crippen LogP contribution is -2.27. The highest BCUT2D eigenvalue weighted by atomic mass is 79.9. The van der Waals surface area contributed by atoms with E-state index < -0.39 is 0 Å². The second-order valence-electron chi connectivity index (χ2n) is 3.95. The molecule has 2 nitrogen and oxygen atoms in total. The van der Waals surface area contributed by atoms with E-state index in [2.05, 4.69) is 28.2 Å². The molecule has 0 radical (unpaired) electrons. The van der Waals surface area contributed by atoms with Crippen molar-refractivity contribution < 1.29 is 4.79 Å². The van der Waals surface area contributed by atoms with Gasteiger partial charge in [-0.2, -0.15) is 0 Å². The molecule has 0 aliphatic rings. The van der Waals surface area contributed by atoms with E-state index in [1.54, 1.807) is 0 Å². The predicted octanol–water partition coefficient (Wildman–Crippen LogP) is 4.39. The van der Waals surface area contributed by atoms with Gasteiger partial charge in [0.2, 0.25) is 0 Å². The monoisotopic (exact) mass is 323 g/mol. The Morgan fingerprint density at radius 1 is 1.28 bits per heavy atom. The third-order valence-corrected chi connectivity index (χ3v) is 4.33. The highest BCUT2D eigenvalue weighted by Gasteiger charge is 2.14. The number of carbonyl (C=O) groups excluding carboxylic acids is 1. The number of thiophene rings is 1. The van der Waals surface area contributed by atoms with Crippen molar-refractivity contribution in [2.24, 2.45) is 0 Å². The fourth-order valence-electron chi connectivity index (χ4n) is 1.77. The summed E-state index contributed by atoms with van der Waals surface area (Å²) < 4.78 is 0.973. The summed E-state index contributed by atoms with van der Waals surface area (Å²) in [6, 6.07) is 13.8. The lowest BCUT2D eigenvalue weighted by atomic mass is 10.0. The van der Waals surface area contributed by atoms with Crippen LogP contribution in [-0.2, 0) is 0 Å². The third kappa shape index (κ3) is 3.21.